The number of ether oxygens (including phenoxy) is 2. The summed E-state index contributed by atoms with van der Waals surface area (Å²) in [6, 6.07) is 6.65. The first-order chi connectivity index (χ1) is 20.4. The predicted molar refractivity (Wildman–Crippen MR) is 158 cm³/mol. The molecule has 1 aliphatic carbocycles. The Balaban J connectivity index is 1.21. The Bertz CT molecular complexity index is 1410. The van der Waals surface area contributed by atoms with E-state index < -0.39 is 11.8 Å². The van der Waals surface area contributed by atoms with Gasteiger partial charge in [-0.15, -0.1) is 0 Å². The number of rotatable bonds is 1. The minimum absolute atomic E-state index is 0.000357. The lowest BCUT2D eigenvalue weighted by Crippen LogP contribution is -2.44. The number of amidine groups is 1. The van der Waals surface area contributed by atoms with E-state index in [0.29, 0.717) is 49.2 Å². The molecule has 1 aromatic carbocycles. The van der Waals surface area contributed by atoms with Crippen molar-refractivity contribution in [1.82, 2.24) is 15.1 Å². The standard InChI is InChI=1S/C32H41FN7O2/c1-20-4-2-11-39(13-9-20)30-25-18-41-28-8-6-21-5-7-26(35)24(16-34)29(21)23(28)14-27(25)37-31(38-30)42-19-36-32-10-3-12-40(32)17-22(33)15-32/h5,7,20,22-23,28,30H,2-4,6,8-15,17-18,35H2,1H3,(H,37,38)/q+1/t20-,22-,23?,28+,30?,32-/m1/s1. The summed E-state index contributed by atoms with van der Waals surface area (Å²) in [5.41, 5.74) is 11.2. The van der Waals surface area contributed by atoms with Gasteiger partial charge in [-0.3, -0.25) is 4.90 Å². The summed E-state index contributed by atoms with van der Waals surface area (Å²) >= 11 is 0. The largest absolute Gasteiger partial charge is 0.525 e. The number of nitrogens with two attached hydrogens (primary N) is 1. The second-order valence-electron chi connectivity index (χ2n) is 13.1. The molecule has 42 heavy (non-hydrogen) atoms. The number of halogens is 1. The van der Waals surface area contributed by atoms with E-state index in [0.717, 1.165) is 75.0 Å². The second kappa shape index (κ2) is 11.1. The topological polar surface area (TPSA) is 104 Å². The van der Waals surface area contributed by atoms with E-state index in [1.807, 2.05) is 6.07 Å². The highest BCUT2D eigenvalue weighted by Crippen LogP contribution is 2.44. The van der Waals surface area contributed by atoms with Crippen molar-refractivity contribution < 1.29 is 13.9 Å². The van der Waals surface area contributed by atoms with E-state index in [9.17, 15) is 9.65 Å². The van der Waals surface area contributed by atoms with Crippen LogP contribution >= 0.6 is 0 Å². The smallest absolute Gasteiger partial charge is 0.398 e. The van der Waals surface area contributed by atoms with Crippen LogP contribution in [0.1, 0.15) is 80.9 Å². The number of nitrogens with zero attached hydrogens (tertiary/aromatic N) is 5. The molecule has 10 heteroatoms. The highest BCUT2D eigenvalue weighted by Gasteiger charge is 2.58. The molecule has 1 aromatic rings. The van der Waals surface area contributed by atoms with E-state index >= 15 is 0 Å². The van der Waals surface area contributed by atoms with Crippen LogP contribution in [-0.4, -0.2) is 72.7 Å². The Hall–Kier alpha value is -3.18. The molecule has 6 aliphatic rings. The van der Waals surface area contributed by atoms with Crippen LogP contribution in [0.25, 0.3) is 4.85 Å². The van der Waals surface area contributed by atoms with Crippen molar-refractivity contribution in [2.24, 2.45) is 10.9 Å². The zero-order valence-electron chi connectivity index (χ0n) is 24.4. The minimum atomic E-state index is -0.867. The predicted octanol–water partition coefficient (Wildman–Crippen LogP) is 4.46. The van der Waals surface area contributed by atoms with Gasteiger partial charge in [0.2, 0.25) is 0 Å². The van der Waals surface area contributed by atoms with Crippen molar-refractivity contribution in [2.75, 3.05) is 38.5 Å². The Labute approximate surface area is 247 Å². The Kier molecular flexibility index (Phi) is 7.34. The number of aliphatic imine (C=N–C) groups is 1. The Morgan fingerprint density at radius 3 is 3.02 bits per heavy atom. The van der Waals surface area contributed by atoms with Crippen LogP contribution in [0.15, 0.2) is 28.4 Å². The summed E-state index contributed by atoms with van der Waals surface area (Å²) < 4.78 is 26.9. The van der Waals surface area contributed by atoms with Crippen LogP contribution in [0, 0.1) is 23.5 Å². The number of benzene rings is 1. The quantitative estimate of drug-likeness (QED) is 0.377. The third kappa shape index (κ3) is 4.94. The van der Waals surface area contributed by atoms with Crippen molar-refractivity contribution in [1.29, 1.82) is 5.26 Å². The van der Waals surface area contributed by atoms with Gasteiger partial charge in [0.05, 0.1) is 24.7 Å². The van der Waals surface area contributed by atoms with Crippen LogP contribution in [0.3, 0.4) is 0 Å². The third-order valence-electron chi connectivity index (χ3n) is 10.4. The third-order valence-corrected chi connectivity index (χ3v) is 10.4. The Morgan fingerprint density at radius 1 is 1.24 bits per heavy atom. The van der Waals surface area contributed by atoms with E-state index in [4.69, 9.17) is 20.2 Å². The summed E-state index contributed by atoms with van der Waals surface area (Å²) in [7, 11) is 0. The molecule has 5 heterocycles. The molecule has 2 unspecified atom stereocenters. The molecule has 3 fully saturated rings. The van der Waals surface area contributed by atoms with Crippen LogP contribution in [-0.2, 0) is 15.9 Å². The number of alkyl halides is 1. The SMILES string of the molecule is C[C@@H]1CCCN(C2N=C(OC#[N+][C@]34CCCN3C[C@H](F)C4)NC3=C2CO[C@H]2CCc4ccc(N)c(C#N)c4C2C3)CC1. The lowest BCUT2D eigenvalue weighted by Gasteiger charge is -2.34. The van der Waals surface area contributed by atoms with Crippen LogP contribution in [0.5, 0.6) is 0 Å². The van der Waals surface area contributed by atoms with Gasteiger partial charge in [0.1, 0.15) is 18.4 Å². The van der Waals surface area contributed by atoms with Gasteiger partial charge < -0.3 is 20.5 Å². The number of anilines is 1. The number of likely N-dealkylation sites (tertiary alicyclic amines) is 1. The fourth-order valence-electron chi connectivity index (χ4n) is 8.19. The fourth-order valence-corrected chi connectivity index (χ4v) is 8.19. The second-order valence-corrected chi connectivity index (χ2v) is 13.1. The lowest BCUT2D eigenvalue weighted by atomic mass is 9.76. The lowest BCUT2D eigenvalue weighted by molar-refractivity contribution is 0.0384. The monoisotopic (exact) mass is 574 g/mol. The average molecular weight is 575 g/mol. The number of fused-ring (bicyclic) bond motifs is 4. The molecule has 0 spiro atoms. The van der Waals surface area contributed by atoms with Gasteiger partial charge in [0.15, 0.2) is 0 Å². The highest BCUT2D eigenvalue weighted by molar-refractivity contribution is 5.78. The summed E-state index contributed by atoms with van der Waals surface area (Å²) in [6.45, 7) is 6.00. The van der Waals surface area contributed by atoms with Gasteiger partial charge in [-0.2, -0.15) is 5.26 Å². The number of nitrogens with one attached hydrogen (secondary N) is 1. The van der Waals surface area contributed by atoms with E-state index in [1.54, 1.807) is 0 Å². The maximum absolute atomic E-state index is 14.3. The highest BCUT2D eigenvalue weighted by atomic mass is 19.1. The molecule has 7 rings (SSSR count). The van der Waals surface area contributed by atoms with Gasteiger partial charge >= 0.3 is 17.9 Å². The molecule has 0 aromatic heterocycles. The maximum atomic E-state index is 14.3. The van der Waals surface area contributed by atoms with Crippen LogP contribution < -0.4 is 11.1 Å². The van der Waals surface area contributed by atoms with Gasteiger partial charge in [-0.1, -0.05) is 13.0 Å². The van der Waals surface area contributed by atoms with Gasteiger partial charge in [-0.25, -0.2) is 14.3 Å². The molecule has 3 N–H and O–H groups in total. The summed E-state index contributed by atoms with van der Waals surface area (Å²) in [5, 5.41) is 13.5. The van der Waals surface area contributed by atoms with Crippen molar-refractivity contribution >= 4 is 11.7 Å². The number of nitriles is 1. The van der Waals surface area contributed by atoms with Gasteiger partial charge in [0, 0.05) is 55.5 Å². The van der Waals surface area contributed by atoms with Crippen molar-refractivity contribution in [2.45, 2.75) is 94.7 Å². The van der Waals surface area contributed by atoms with Crippen molar-refractivity contribution in [3.05, 3.63) is 44.9 Å². The first-order valence-electron chi connectivity index (χ1n) is 15.7. The van der Waals surface area contributed by atoms with E-state index in [2.05, 4.69) is 45.3 Å². The summed E-state index contributed by atoms with van der Waals surface area (Å²) in [4.78, 5) is 14.3. The molecule has 0 saturated carbocycles. The van der Waals surface area contributed by atoms with Crippen LogP contribution in [0.4, 0.5) is 10.1 Å². The van der Waals surface area contributed by atoms with E-state index in [1.165, 1.54) is 12.0 Å². The molecule has 6 atom stereocenters. The number of hydrogen-bond acceptors (Lipinski definition) is 8. The molecule has 9 nitrogen and oxygen atoms in total. The molecule has 3 saturated heterocycles. The first kappa shape index (κ1) is 27.6. The first-order valence-corrected chi connectivity index (χ1v) is 15.7. The van der Waals surface area contributed by atoms with Gasteiger partial charge in [0.25, 0.3) is 0 Å². The van der Waals surface area contributed by atoms with Crippen LogP contribution in [0.2, 0.25) is 0 Å². The van der Waals surface area contributed by atoms with E-state index in [-0.39, 0.29) is 18.2 Å². The molecule has 5 aliphatic heterocycles. The number of allylic oxidation sites excluding steroid dienone is 1. The molecule has 222 valence electrons. The summed E-state index contributed by atoms with van der Waals surface area (Å²) in [5.74, 6) is 0.684. The van der Waals surface area contributed by atoms with Crippen molar-refractivity contribution in [3.8, 4) is 12.3 Å². The summed E-state index contributed by atoms with van der Waals surface area (Å²) in [6.07, 6.45) is 9.85. The normalized spacial score (nSPS) is 34.7. The molecular formula is C32H41FN7O2+. The zero-order chi connectivity index (χ0) is 28.8. The molecule has 0 bridgehead atoms. The molecule has 0 amide bonds. The minimum Gasteiger partial charge on any atom is -0.398 e. The molecule has 0 radical (unpaired) electrons. The van der Waals surface area contributed by atoms with Gasteiger partial charge in [-0.05, 0) is 72.9 Å². The number of nitrogen functional groups attached to an aromatic ring is 1. The number of aryl methyl sites for hydroxylation is 1. The fraction of sp³-hybridized carbons (Fsp3) is 0.656. The molecular weight excluding hydrogens is 533 g/mol. The maximum Gasteiger partial charge on any atom is 0.525 e. The average Bonchev–Trinajstić information content (AvgIpc) is 3.30. The van der Waals surface area contributed by atoms with Crippen molar-refractivity contribution in [3.63, 3.8) is 0 Å². The number of hydrogen-bond donors (Lipinski definition) is 2. The Morgan fingerprint density at radius 2 is 2.14 bits per heavy atom. The zero-order valence-corrected chi connectivity index (χ0v) is 24.4.